The van der Waals surface area contributed by atoms with E-state index in [9.17, 15) is 10.2 Å². The van der Waals surface area contributed by atoms with Crippen LogP contribution in [0.25, 0.3) is 0 Å². The Kier molecular flexibility index (Phi) is 7.20. The maximum absolute atomic E-state index is 10.5. The molecule has 1 heterocycles. The second-order valence-electron chi connectivity index (χ2n) is 6.74. The molecule has 0 saturated carbocycles. The molecule has 1 fully saturated rings. The van der Waals surface area contributed by atoms with Crippen LogP contribution in [0.1, 0.15) is 11.1 Å². The highest BCUT2D eigenvalue weighted by Gasteiger charge is 2.37. The molecule has 1 saturated heterocycles. The smallest absolute Gasteiger partial charge is 0.118 e. The number of β-amino-alcohol motifs (C(OH)–C–C–N with tert-alkyl or cyclic N) is 1. The lowest BCUT2D eigenvalue weighted by molar-refractivity contribution is -0.239. The summed E-state index contributed by atoms with van der Waals surface area (Å²) in [7, 11) is 1.63. The Balaban J connectivity index is 1.52. The molecule has 1 aliphatic rings. The zero-order valence-electron chi connectivity index (χ0n) is 15.5. The van der Waals surface area contributed by atoms with Crippen molar-refractivity contribution in [2.75, 3.05) is 26.8 Å². The van der Waals surface area contributed by atoms with Crippen molar-refractivity contribution in [2.45, 2.75) is 25.4 Å². The quantitative estimate of drug-likeness (QED) is 0.738. The van der Waals surface area contributed by atoms with Gasteiger partial charge in [0, 0.05) is 19.1 Å². The summed E-state index contributed by atoms with van der Waals surface area (Å²) >= 11 is 0. The first kappa shape index (κ1) is 19.8. The van der Waals surface area contributed by atoms with Crippen LogP contribution in [0.3, 0.4) is 0 Å². The molecule has 0 radical (unpaired) electrons. The predicted molar refractivity (Wildman–Crippen MR) is 101 cm³/mol. The lowest BCUT2D eigenvalue weighted by Gasteiger charge is -2.40. The standard InChI is InChI=1S/C21H27NO5/c1-25-19-9-7-17(8-10-19)15-27-22-11-18(13-23)21(20(24)12-22)26-14-16-5-3-2-4-6-16/h2-10,18,20-21,23-24H,11-15H2,1H3/t18-,20-,21-/m1/s1. The molecule has 3 rings (SSSR count). The summed E-state index contributed by atoms with van der Waals surface area (Å²) in [6.45, 7) is 1.57. The average molecular weight is 373 g/mol. The summed E-state index contributed by atoms with van der Waals surface area (Å²) in [5.74, 6) is 0.583. The van der Waals surface area contributed by atoms with Gasteiger partial charge in [-0.05, 0) is 23.3 Å². The summed E-state index contributed by atoms with van der Waals surface area (Å²) < 4.78 is 11.1. The van der Waals surface area contributed by atoms with Gasteiger partial charge in [0.05, 0.1) is 39.1 Å². The lowest BCUT2D eigenvalue weighted by Crippen LogP contribution is -2.54. The van der Waals surface area contributed by atoms with Crippen molar-refractivity contribution in [3.8, 4) is 5.75 Å². The van der Waals surface area contributed by atoms with Gasteiger partial charge >= 0.3 is 0 Å². The fourth-order valence-electron chi connectivity index (χ4n) is 3.24. The molecule has 3 atom stereocenters. The summed E-state index contributed by atoms with van der Waals surface area (Å²) in [4.78, 5) is 5.82. The summed E-state index contributed by atoms with van der Waals surface area (Å²) in [5.41, 5.74) is 2.05. The fourth-order valence-corrected chi connectivity index (χ4v) is 3.24. The zero-order chi connectivity index (χ0) is 19.1. The van der Waals surface area contributed by atoms with Gasteiger partial charge in [0.2, 0.25) is 0 Å². The van der Waals surface area contributed by atoms with Gasteiger partial charge < -0.3 is 19.7 Å². The second-order valence-corrected chi connectivity index (χ2v) is 6.74. The van der Waals surface area contributed by atoms with E-state index in [2.05, 4.69) is 0 Å². The van der Waals surface area contributed by atoms with E-state index in [-0.39, 0.29) is 12.5 Å². The van der Waals surface area contributed by atoms with Crippen molar-refractivity contribution in [3.05, 3.63) is 65.7 Å². The molecular formula is C21H27NO5. The van der Waals surface area contributed by atoms with Crippen molar-refractivity contribution < 1.29 is 24.5 Å². The van der Waals surface area contributed by atoms with Gasteiger partial charge in [0.15, 0.2) is 0 Å². The second kappa shape index (κ2) is 9.82. The SMILES string of the molecule is COc1ccc(CON2C[C@H](CO)[C@@H](OCc3ccccc3)[C@H](O)C2)cc1. The van der Waals surface area contributed by atoms with Crippen LogP contribution in [0.5, 0.6) is 5.75 Å². The summed E-state index contributed by atoms with van der Waals surface area (Å²) in [6, 6.07) is 17.5. The Bertz CT molecular complexity index is 679. The predicted octanol–water partition coefficient (Wildman–Crippen LogP) is 2.00. The molecule has 0 aliphatic carbocycles. The third kappa shape index (κ3) is 5.51. The van der Waals surface area contributed by atoms with Crippen molar-refractivity contribution >= 4 is 0 Å². The number of hydrogen-bond donors (Lipinski definition) is 2. The highest BCUT2D eigenvalue weighted by atomic mass is 16.7. The molecule has 2 aromatic rings. The molecule has 2 N–H and O–H groups in total. The number of methoxy groups -OCH3 is 1. The highest BCUT2D eigenvalue weighted by molar-refractivity contribution is 5.26. The van der Waals surface area contributed by atoms with Crippen LogP contribution < -0.4 is 4.74 Å². The van der Waals surface area contributed by atoms with Gasteiger partial charge in [0.1, 0.15) is 5.75 Å². The molecule has 0 aromatic heterocycles. The minimum absolute atomic E-state index is 0.0705. The van der Waals surface area contributed by atoms with E-state index in [1.165, 1.54) is 0 Å². The van der Waals surface area contributed by atoms with Gasteiger partial charge in [-0.15, -0.1) is 0 Å². The van der Waals surface area contributed by atoms with Crippen LogP contribution in [0.4, 0.5) is 0 Å². The molecule has 0 bridgehead atoms. The lowest BCUT2D eigenvalue weighted by atomic mass is 9.94. The first-order chi connectivity index (χ1) is 13.2. The molecule has 27 heavy (non-hydrogen) atoms. The van der Waals surface area contributed by atoms with Crippen molar-refractivity contribution in [3.63, 3.8) is 0 Å². The Labute approximate surface area is 159 Å². The van der Waals surface area contributed by atoms with Gasteiger partial charge in [-0.2, -0.15) is 5.06 Å². The van der Waals surface area contributed by atoms with E-state index in [0.29, 0.717) is 26.3 Å². The maximum atomic E-state index is 10.5. The number of hydroxylamine groups is 2. The van der Waals surface area contributed by atoms with Crippen molar-refractivity contribution in [1.29, 1.82) is 0 Å². The van der Waals surface area contributed by atoms with Crippen LogP contribution >= 0.6 is 0 Å². The number of ether oxygens (including phenoxy) is 2. The largest absolute Gasteiger partial charge is 0.497 e. The van der Waals surface area contributed by atoms with Crippen molar-refractivity contribution in [1.82, 2.24) is 5.06 Å². The van der Waals surface area contributed by atoms with E-state index in [1.54, 1.807) is 12.2 Å². The third-order valence-corrected chi connectivity index (χ3v) is 4.77. The molecule has 0 amide bonds. The number of aliphatic hydroxyl groups is 2. The van der Waals surface area contributed by atoms with E-state index < -0.39 is 12.2 Å². The minimum atomic E-state index is -0.726. The van der Waals surface area contributed by atoms with Gasteiger partial charge in [-0.25, -0.2) is 0 Å². The Morgan fingerprint density at radius 3 is 2.33 bits per heavy atom. The Morgan fingerprint density at radius 2 is 1.67 bits per heavy atom. The first-order valence-corrected chi connectivity index (χ1v) is 9.15. The van der Waals surface area contributed by atoms with Crippen molar-refractivity contribution in [2.24, 2.45) is 5.92 Å². The van der Waals surface area contributed by atoms with E-state index in [1.807, 2.05) is 54.6 Å². The van der Waals surface area contributed by atoms with Crippen LogP contribution in [-0.2, 0) is 22.8 Å². The number of aliphatic hydroxyl groups excluding tert-OH is 2. The zero-order valence-corrected chi connectivity index (χ0v) is 15.5. The number of benzene rings is 2. The molecule has 6 nitrogen and oxygen atoms in total. The summed E-state index contributed by atoms with van der Waals surface area (Å²) in [6.07, 6.45) is -1.15. The minimum Gasteiger partial charge on any atom is -0.497 e. The molecule has 0 unspecified atom stereocenters. The summed E-state index contributed by atoms with van der Waals surface area (Å²) in [5, 5.41) is 22.0. The molecule has 0 spiro atoms. The first-order valence-electron chi connectivity index (χ1n) is 9.15. The van der Waals surface area contributed by atoms with E-state index >= 15 is 0 Å². The topological polar surface area (TPSA) is 71.4 Å². The van der Waals surface area contributed by atoms with Crippen LogP contribution in [0.2, 0.25) is 0 Å². The number of hydrogen-bond acceptors (Lipinski definition) is 6. The van der Waals surface area contributed by atoms with Gasteiger partial charge in [-0.1, -0.05) is 42.5 Å². The fraction of sp³-hybridized carbons (Fsp3) is 0.429. The highest BCUT2D eigenvalue weighted by Crippen LogP contribution is 2.23. The monoisotopic (exact) mass is 373 g/mol. The van der Waals surface area contributed by atoms with Crippen LogP contribution in [-0.4, -0.2) is 54.3 Å². The normalized spacial score (nSPS) is 23.3. The Hall–Kier alpha value is -1.96. The maximum Gasteiger partial charge on any atom is 0.118 e. The van der Waals surface area contributed by atoms with E-state index in [0.717, 1.165) is 16.9 Å². The average Bonchev–Trinajstić information content (AvgIpc) is 2.72. The molecule has 6 heteroatoms. The molecular weight excluding hydrogens is 346 g/mol. The molecule has 2 aromatic carbocycles. The molecule has 146 valence electrons. The number of rotatable bonds is 8. The Morgan fingerprint density at radius 1 is 0.963 bits per heavy atom. The van der Waals surface area contributed by atoms with Crippen LogP contribution in [0.15, 0.2) is 54.6 Å². The van der Waals surface area contributed by atoms with Crippen LogP contribution in [0, 0.1) is 5.92 Å². The van der Waals surface area contributed by atoms with Gasteiger partial charge in [0.25, 0.3) is 0 Å². The third-order valence-electron chi connectivity index (χ3n) is 4.77. The van der Waals surface area contributed by atoms with E-state index in [4.69, 9.17) is 14.3 Å². The number of piperidine rings is 1. The van der Waals surface area contributed by atoms with Gasteiger partial charge in [-0.3, -0.25) is 4.84 Å². The number of nitrogens with zero attached hydrogens (tertiary/aromatic N) is 1. The molecule has 1 aliphatic heterocycles.